The number of nitrogens with one attached hydrogen (secondary N) is 2. The standard InChI is InChI=1S/C29H27Cl2N5O5/c1-4-40-29(39)33-27(37)25(16-32)35(3)34-19-14-23(30)26(24(31)15-19)41-21-9-10-22-18(13-21)11-12-36(28(22)38)20-7-5-17(2)6-8-20/h5-10,13-15,25,34H,4,11-12H2,1-3H3,(H,33,37,39). The van der Waals surface area contributed by atoms with E-state index in [1.165, 1.54) is 24.2 Å². The highest BCUT2D eigenvalue weighted by Crippen LogP contribution is 2.40. The number of likely N-dealkylation sites (N-methyl/N-ethyl adjacent to an activating group) is 1. The largest absolute Gasteiger partial charge is 0.454 e. The van der Waals surface area contributed by atoms with Gasteiger partial charge in [-0.05, 0) is 68.3 Å². The minimum absolute atomic E-state index is 0.0754. The van der Waals surface area contributed by atoms with Crippen LogP contribution in [0.3, 0.4) is 0 Å². The number of nitriles is 1. The van der Waals surface area contributed by atoms with E-state index in [4.69, 9.17) is 27.9 Å². The van der Waals surface area contributed by atoms with Crippen molar-refractivity contribution >= 4 is 52.5 Å². The summed E-state index contributed by atoms with van der Waals surface area (Å²) in [4.78, 5) is 38.8. The lowest BCUT2D eigenvalue weighted by Crippen LogP contribution is -2.48. The van der Waals surface area contributed by atoms with Gasteiger partial charge in [-0.3, -0.25) is 14.9 Å². The monoisotopic (exact) mass is 595 g/mol. The number of imide groups is 1. The molecule has 1 aliphatic rings. The third-order valence-corrected chi connectivity index (χ3v) is 6.85. The molecule has 212 valence electrons. The van der Waals surface area contributed by atoms with E-state index < -0.39 is 18.0 Å². The molecule has 3 amide bonds. The van der Waals surface area contributed by atoms with Crippen LogP contribution in [-0.2, 0) is 16.0 Å². The fourth-order valence-corrected chi connectivity index (χ4v) is 4.83. The molecule has 12 heteroatoms. The third-order valence-electron chi connectivity index (χ3n) is 6.28. The molecule has 4 rings (SSSR count). The molecule has 1 heterocycles. The topological polar surface area (TPSA) is 124 Å². The number of carbonyl (C=O) groups excluding carboxylic acids is 3. The zero-order valence-electron chi connectivity index (χ0n) is 22.5. The first kappa shape index (κ1) is 29.7. The van der Waals surface area contributed by atoms with E-state index in [1.807, 2.05) is 42.6 Å². The zero-order valence-corrected chi connectivity index (χ0v) is 24.0. The van der Waals surface area contributed by atoms with Gasteiger partial charge in [0.2, 0.25) is 0 Å². The highest BCUT2D eigenvalue weighted by molar-refractivity contribution is 6.37. The first-order valence-corrected chi connectivity index (χ1v) is 13.4. The summed E-state index contributed by atoms with van der Waals surface area (Å²) >= 11 is 13.0. The Morgan fingerprint density at radius 2 is 1.80 bits per heavy atom. The fraction of sp³-hybridized carbons (Fsp3) is 0.241. The minimum atomic E-state index is -1.37. The van der Waals surface area contributed by atoms with Crippen molar-refractivity contribution in [3.05, 3.63) is 81.3 Å². The van der Waals surface area contributed by atoms with Gasteiger partial charge in [0.25, 0.3) is 11.8 Å². The normalized spacial score (nSPS) is 13.2. The molecule has 0 aliphatic carbocycles. The number of amides is 3. The van der Waals surface area contributed by atoms with Gasteiger partial charge in [-0.2, -0.15) is 5.26 Å². The van der Waals surface area contributed by atoms with Crippen LogP contribution < -0.4 is 20.4 Å². The highest BCUT2D eigenvalue weighted by atomic mass is 35.5. The van der Waals surface area contributed by atoms with Crippen LogP contribution in [0.2, 0.25) is 10.0 Å². The first-order valence-electron chi connectivity index (χ1n) is 12.7. The third kappa shape index (κ3) is 6.89. The van der Waals surface area contributed by atoms with Crippen LogP contribution in [0.4, 0.5) is 16.2 Å². The van der Waals surface area contributed by atoms with E-state index in [0.29, 0.717) is 30.0 Å². The van der Waals surface area contributed by atoms with Crippen LogP contribution in [0.5, 0.6) is 11.5 Å². The van der Waals surface area contributed by atoms with Crippen molar-refractivity contribution in [2.24, 2.45) is 0 Å². The molecule has 2 N–H and O–H groups in total. The molecule has 3 aromatic carbocycles. The maximum absolute atomic E-state index is 13.2. The number of benzene rings is 3. The Balaban J connectivity index is 1.46. The van der Waals surface area contributed by atoms with Crippen molar-refractivity contribution in [3.8, 4) is 17.6 Å². The van der Waals surface area contributed by atoms with Gasteiger partial charge in [-0.1, -0.05) is 40.9 Å². The maximum Gasteiger partial charge on any atom is 0.413 e. The number of ether oxygens (including phenoxy) is 2. The quantitative estimate of drug-likeness (QED) is 0.317. The Bertz CT molecular complexity index is 1500. The number of aryl methyl sites for hydroxylation is 1. The highest BCUT2D eigenvalue weighted by Gasteiger charge is 2.27. The van der Waals surface area contributed by atoms with Crippen molar-refractivity contribution < 1.29 is 23.9 Å². The molecule has 10 nitrogen and oxygen atoms in total. The summed E-state index contributed by atoms with van der Waals surface area (Å²) in [5.41, 5.74) is 6.65. The summed E-state index contributed by atoms with van der Waals surface area (Å²) in [5.74, 6) is -0.293. The second-order valence-electron chi connectivity index (χ2n) is 9.20. The minimum Gasteiger partial charge on any atom is -0.454 e. The predicted octanol–water partition coefficient (Wildman–Crippen LogP) is 5.72. The molecule has 41 heavy (non-hydrogen) atoms. The summed E-state index contributed by atoms with van der Waals surface area (Å²) in [7, 11) is 1.44. The van der Waals surface area contributed by atoms with Gasteiger partial charge in [0.1, 0.15) is 5.75 Å². The molecule has 3 aromatic rings. The van der Waals surface area contributed by atoms with E-state index in [2.05, 4.69) is 10.2 Å². The molecule has 0 spiro atoms. The summed E-state index contributed by atoms with van der Waals surface area (Å²) in [6.45, 7) is 4.20. The van der Waals surface area contributed by atoms with Crippen LogP contribution in [0.15, 0.2) is 54.6 Å². The summed E-state index contributed by atoms with van der Waals surface area (Å²) in [6.07, 6.45) is -0.305. The molecule has 0 radical (unpaired) electrons. The summed E-state index contributed by atoms with van der Waals surface area (Å²) in [5, 5.41) is 13.0. The Morgan fingerprint density at radius 1 is 1.12 bits per heavy atom. The number of rotatable bonds is 8. The smallest absolute Gasteiger partial charge is 0.413 e. The number of hydrogen-bond acceptors (Lipinski definition) is 8. The van der Waals surface area contributed by atoms with Crippen LogP contribution in [0.25, 0.3) is 0 Å². The van der Waals surface area contributed by atoms with Crippen molar-refractivity contribution in [2.75, 3.05) is 30.5 Å². The molecular weight excluding hydrogens is 569 g/mol. The number of carbonyl (C=O) groups is 3. The van der Waals surface area contributed by atoms with E-state index in [0.717, 1.165) is 16.8 Å². The van der Waals surface area contributed by atoms with Crippen LogP contribution >= 0.6 is 23.2 Å². The van der Waals surface area contributed by atoms with Gasteiger partial charge in [0, 0.05) is 24.8 Å². The average Bonchev–Trinajstić information content (AvgIpc) is 2.92. The summed E-state index contributed by atoms with van der Waals surface area (Å²) < 4.78 is 10.7. The number of nitrogens with zero attached hydrogens (tertiary/aromatic N) is 3. The Hall–Kier alpha value is -4.30. The molecular formula is C29H27Cl2N5O5. The van der Waals surface area contributed by atoms with Gasteiger partial charge < -0.3 is 19.8 Å². The van der Waals surface area contributed by atoms with E-state index in [-0.39, 0.29) is 28.3 Å². The molecule has 0 saturated carbocycles. The lowest BCUT2D eigenvalue weighted by molar-refractivity contribution is -0.123. The Morgan fingerprint density at radius 3 is 2.44 bits per heavy atom. The second kappa shape index (κ2) is 12.9. The van der Waals surface area contributed by atoms with Crippen molar-refractivity contribution in [3.63, 3.8) is 0 Å². The van der Waals surface area contributed by atoms with Gasteiger partial charge in [-0.25, -0.2) is 9.80 Å². The number of fused-ring (bicyclic) bond motifs is 1. The van der Waals surface area contributed by atoms with E-state index >= 15 is 0 Å². The second-order valence-corrected chi connectivity index (χ2v) is 10.0. The van der Waals surface area contributed by atoms with Gasteiger partial charge in [0.05, 0.1) is 28.4 Å². The van der Waals surface area contributed by atoms with E-state index in [1.54, 1.807) is 30.0 Å². The van der Waals surface area contributed by atoms with Gasteiger partial charge >= 0.3 is 6.09 Å². The number of alkyl carbamates (subject to hydrolysis) is 1. The van der Waals surface area contributed by atoms with Crippen LogP contribution in [0, 0.1) is 18.3 Å². The molecule has 1 aliphatic heterocycles. The first-order chi connectivity index (χ1) is 19.6. The average molecular weight is 596 g/mol. The van der Waals surface area contributed by atoms with Crippen molar-refractivity contribution in [2.45, 2.75) is 26.3 Å². The lowest BCUT2D eigenvalue weighted by Gasteiger charge is -2.29. The van der Waals surface area contributed by atoms with Crippen LogP contribution in [0.1, 0.15) is 28.4 Å². The lowest BCUT2D eigenvalue weighted by atomic mass is 9.98. The van der Waals surface area contributed by atoms with E-state index in [9.17, 15) is 19.6 Å². The molecule has 0 aromatic heterocycles. The number of halogens is 2. The fourth-order valence-electron chi connectivity index (χ4n) is 4.26. The number of hydrogen-bond donors (Lipinski definition) is 2. The predicted molar refractivity (Wildman–Crippen MR) is 155 cm³/mol. The summed E-state index contributed by atoms with van der Waals surface area (Å²) in [6, 6.07) is 16.5. The van der Waals surface area contributed by atoms with Crippen LogP contribution in [-0.4, -0.2) is 49.2 Å². The molecule has 0 fully saturated rings. The molecule has 0 saturated heterocycles. The molecule has 0 bridgehead atoms. The number of hydrazine groups is 1. The molecule has 1 atom stereocenters. The maximum atomic E-state index is 13.2. The Kier molecular flexibility index (Phi) is 9.35. The zero-order chi connectivity index (χ0) is 29.7. The number of anilines is 2. The SMILES string of the molecule is CCOC(=O)NC(=O)C(C#N)N(C)Nc1cc(Cl)c(Oc2ccc3c(c2)CCN(c2ccc(C)cc2)C3=O)c(Cl)c1. The van der Waals surface area contributed by atoms with Gasteiger partial charge in [0.15, 0.2) is 11.8 Å². The Labute approximate surface area is 247 Å². The molecule has 1 unspecified atom stereocenters. The van der Waals surface area contributed by atoms with Crippen molar-refractivity contribution in [1.29, 1.82) is 5.26 Å². The van der Waals surface area contributed by atoms with Crippen molar-refractivity contribution in [1.82, 2.24) is 10.3 Å². The van der Waals surface area contributed by atoms with Gasteiger partial charge in [-0.15, -0.1) is 0 Å².